The number of nitrogens with zero attached hydrogens (tertiary/aromatic N) is 4. The Morgan fingerprint density at radius 2 is 1.87 bits per heavy atom. The maximum Gasteiger partial charge on any atom is 0.573 e. The van der Waals surface area contributed by atoms with Gasteiger partial charge in [-0.2, -0.15) is 0 Å². The van der Waals surface area contributed by atoms with Crippen LogP contribution in [0.2, 0.25) is 0 Å². The molecule has 3 aromatic rings. The minimum atomic E-state index is -5.05. The zero-order chi connectivity index (χ0) is 28.4. The van der Waals surface area contributed by atoms with Crippen LogP contribution in [0.1, 0.15) is 39.3 Å². The van der Waals surface area contributed by atoms with Gasteiger partial charge in [-0.3, -0.25) is 14.5 Å². The zero-order valence-electron chi connectivity index (χ0n) is 21.1. The number of hydrogen-bond donors (Lipinski definition) is 2. The second-order valence-electron chi connectivity index (χ2n) is 9.13. The summed E-state index contributed by atoms with van der Waals surface area (Å²) in [6, 6.07) is 5.18. The summed E-state index contributed by atoms with van der Waals surface area (Å²) in [4.78, 5) is 29.5. The summed E-state index contributed by atoms with van der Waals surface area (Å²) in [5.74, 6) is -1.42. The van der Waals surface area contributed by atoms with Gasteiger partial charge in [-0.1, -0.05) is 6.07 Å². The van der Waals surface area contributed by atoms with Gasteiger partial charge in [-0.05, 0) is 51.8 Å². The predicted octanol–water partition coefficient (Wildman–Crippen LogP) is 4.05. The second kappa shape index (κ2) is 10.6. The minimum Gasteiger partial charge on any atom is -0.477 e. The fraction of sp³-hybridized carbons (Fsp3) is 0.375. The number of nitrogens with one attached hydrogen (secondary N) is 2. The molecule has 1 aliphatic rings. The van der Waals surface area contributed by atoms with Gasteiger partial charge in [0.25, 0.3) is 0 Å². The molecule has 0 atom stereocenters. The zero-order valence-corrected chi connectivity index (χ0v) is 21.9. The lowest BCUT2D eigenvalue weighted by Gasteiger charge is -2.24. The van der Waals surface area contributed by atoms with E-state index in [9.17, 15) is 26.4 Å². The normalized spacial score (nSPS) is 14.0. The first kappa shape index (κ1) is 28.0. The highest BCUT2D eigenvalue weighted by atomic mass is 32.2. The maximum atomic E-state index is 13.3. The van der Waals surface area contributed by atoms with Crippen molar-refractivity contribution >= 4 is 27.6 Å². The highest BCUT2D eigenvalue weighted by Crippen LogP contribution is 2.36. The SMILES string of the molecule is CCOc1cncc(-c2ccc(NC(=O)C(C)(C)c3ccnc(NS(=O)(=O)C4CC4)n3)c(OC(F)(F)F)c2)n1. The highest BCUT2D eigenvalue weighted by molar-refractivity contribution is 7.93. The van der Waals surface area contributed by atoms with E-state index in [-0.39, 0.29) is 34.5 Å². The molecule has 1 fully saturated rings. The van der Waals surface area contributed by atoms with Crippen LogP contribution in [0.25, 0.3) is 11.3 Å². The molecule has 0 radical (unpaired) electrons. The summed E-state index contributed by atoms with van der Waals surface area (Å²) < 4.78 is 76.0. The van der Waals surface area contributed by atoms with Gasteiger partial charge in [0.05, 0.1) is 46.7 Å². The van der Waals surface area contributed by atoms with Crippen LogP contribution < -0.4 is 19.5 Å². The van der Waals surface area contributed by atoms with E-state index in [0.717, 1.165) is 6.07 Å². The smallest absolute Gasteiger partial charge is 0.477 e. The summed E-state index contributed by atoms with van der Waals surface area (Å²) in [5.41, 5.74) is -1.06. The standard InChI is InChI=1S/C24H25F3N6O5S/c1-4-37-20-13-28-12-17(30-20)14-5-8-16(18(11-14)38-24(25,26)27)31-21(34)23(2,3)19-9-10-29-22(32-19)33-39(35,36)15-6-7-15/h5,8-13,15H,4,6-7H2,1-3H3,(H,31,34)(H,29,32,33). The van der Waals surface area contributed by atoms with Crippen LogP contribution in [0.4, 0.5) is 24.8 Å². The van der Waals surface area contributed by atoms with Gasteiger partial charge in [0, 0.05) is 11.8 Å². The van der Waals surface area contributed by atoms with Crippen LogP contribution in [0.15, 0.2) is 42.9 Å². The molecule has 4 rings (SSSR count). The van der Waals surface area contributed by atoms with Crippen LogP contribution in [0, 0.1) is 0 Å². The van der Waals surface area contributed by atoms with Crippen LogP contribution >= 0.6 is 0 Å². The van der Waals surface area contributed by atoms with Gasteiger partial charge in [0.15, 0.2) is 5.75 Å². The summed E-state index contributed by atoms with van der Waals surface area (Å²) in [6.45, 7) is 5.04. The number of aromatic nitrogens is 4. The first-order chi connectivity index (χ1) is 18.3. The molecule has 0 bridgehead atoms. The molecule has 1 aliphatic carbocycles. The number of carbonyl (C=O) groups excluding carboxylic acids is 1. The van der Waals surface area contributed by atoms with Crippen LogP contribution in [-0.4, -0.2) is 52.5 Å². The Kier molecular flexibility index (Phi) is 7.63. The van der Waals surface area contributed by atoms with Crippen LogP contribution in [-0.2, 0) is 20.2 Å². The summed E-state index contributed by atoms with van der Waals surface area (Å²) in [6.07, 6.45) is 0.0232. The van der Waals surface area contributed by atoms with Crippen molar-refractivity contribution in [3.63, 3.8) is 0 Å². The number of hydrogen-bond acceptors (Lipinski definition) is 9. The molecule has 0 saturated heterocycles. The molecule has 0 aliphatic heterocycles. The molecule has 39 heavy (non-hydrogen) atoms. The number of anilines is 2. The van der Waals surface area contributed by atoms with E-state index >= 15 is 0 Å². The molecule has 1 aromatic carbocycles. The summed E-state index contributed by atoms with van der Waals surface area (Å²) >= 11 is 0. The Balaban J connectivity index is 1.60. The number of rotatable bonds is 10. The second-order valence-corrected chi connectivity index (χ2v) is 11.1. The van der Waals surface area contributed by atoms with Crippen LogP contribution in [0.3, 0.4) is 0 Å². The fourth-order valence-corrected chi connectivity index (χ4v) is 4.71. The van der Waals surface area contributed by atoms with Gasteiger partial charge in [-0.15, -0.1) is 13.2 Å². The van der Waals surface area contributed by atoms with E-state index in [2.05, 4.69) is 34.7 Å². The lowest BCUT2D eigenvalue weighted by molar-refractivity contribution is -0.274. The number of amides is 1. The van der Waals surface area contributed by atoms with E-state index in [4.69, 9.17) is 4.74 Å². The molecule has 11 nitrogen and oxygen atoms in total. The predicted molar refractivity (Wildman–Crippen MR) is 135 cm³/mol. The topological polar surface area (TPSA) is 145 Å². The molecule has 2 N–H and O–H groups in total. The average Bonchev–Trinajstić information content (AvgIpc) is 3.71. The molecule has 2 aromatic heterocycles. The molecular formula is C24H25F3N6O5S. The van der Waals surface area contributed by atoms with E-state index in [1.807, 2.05) is 0 Å². The molecule has 1 saturated carbocycles. The van der Waals surface area contributed by atoms with Crippen molar-refractivity contribution in [3.8, 4) is 22.9 Å². The van der Waals surface area contributed by atoms with Crippen molar-refractivity contribution in [2.24, 2.45) is 0 Å². The number of carbonyl (C=O) groups is 1. The third-order valence-electron chi connectivity index (χ3n) is 5.72. The lowest BCUT2D eigenvalue weighted by atomic mass is 9.88. The Morgan fingerprint density at radius 3 is 2.54 bits per heavy atom. The van der Waals surface area contributed by atoms with Crippen molar-refractivity contribution in [3.05, 3.63) is 48.5 Å². The highest BCUT2D eigenvalue weighted by Gasteiger charge is 2.38. The van der Waals surface area contributed by atoms with E-state index < -0.39 is 38.7 Å². The number of alkyl halides is 3. The Bertz CT molecular complexity index is 1480. The van der Waals surface area contributed by atoms with Crippen molar-refractivity contribution in [2.75, 3.05) is 16.6 Å². The van der Waals surface area contributed by atoms with Gasteiger partial charge in [0.1, 0.15) is 0 Å². The van der Waals surface area contributed by atoms with E-state index in [1.54, 1.807) is 6.92 Å². The van der Waals surface area contributed by atoms with E-state index in [0.29, 0.717) is 19.4 Å². The van der Waals surface area contributed by atoms with Gasteiger partial charge < -0.3 is 14.8 Å². The Labute approximate surface area is 222 Å². The van der Waals surface area contributed by atoms with Crippen molar-refractivity contribution in [2.45, 2.75) is 50.6 Å². The van der Waals surface area contributed by atoms with E-state index in [1.165, 1.54) is 50.6 Å². The quantitative estimate of drug-likeness (QED) is 0.371. The third kappa shape index (κ3) is 6.90. The first-order valence-corrected chi connectivity index (χ1v) is 13.3. The molecule has 0 unspecified atom stereocenters. The van der Waals surface area contributed by atoms with Crippen molar-refractivity contribution in [1.82, 2.24) is 19.9 Å². The summed E-state index contributed by atoms with van der Waals surface area (Å²) in [7, 11) is -3.64. The molecule has 15 heteroatoms. The van der Waals surface area contributed by atoms with Gasteiger partial charge >= 0.3 is 6.36 Å². The molecule has 2 heterocycles. The Hall–Kier alpha value is -4.01. The third-order valence-corrected chi connectivity index (χ3v) is 7.53. The largest absolute Gasteiger partial charge is 0.573 e. The number of sulfonamides is 1. The minimum absolute atomic E-state index is 0.140. The van der Waals surface area contributed by atoms with Gasteiger partial charge in [0.2, 0.25) is 27.8 Å². The molecule has 1 amide bonds. The molecule has 208 valence electrons. The van der Waals surface area contributed by atoms with Crippen LogP contribution in [0.5, 0.6) is 11.6 Å². The average molecular weight is 567 g/mol. The fourth-order valence-electron chi connectivity index (χ4n) is 3.44. The lowest BCUT2D eigenvalue weighted by Crippen LogP contribution is -2.36. The number of benzene rings is 1. The Morgan fingerprint density at radius 1 is 1.13 bits per heavy atom. The monoisotopic (exact) mass is 566 g/mol. The van der Waals surface area contributed by atoms with Crippen molar-refractivity contribution in [1.29, 1.82) is 0 Å². The summed E-state index contributed by atoms with van der Waals surface area (Å²) in [5, 5.41) is 1.94. The first-order valence-electron chi connectivity index (χ1n) is 11.8. The molecular weight excluding hydrogens is 541 g/mol. The van der Waals surface area contributed by atoms with Gasteiger partial charge in [-0.25, -0.2) is 23.4 Å². The van der Waals surface area contributed by atoms with Crippen molar-refractivity contribution < 1.29 is 35.9 Å². The maximum absolute atomic E-state index is 13.3. The number of halogens is 3. The number of ether oxygens (including phenoxy) is 2. The molecule has 0 spiro atoms.